The third-order valence-electron chi connectivity index (χ3n) is 4.93. The molecule has 4 rings (SSSR count). The fourth-order valence-corrected chi connectivity index (χ4v) is 4.26. The smallest absolute Gasteiger partial charge is 0.210 e. The Labute approximate surface area is 181 Å². The second-order valence-electron chi connectivity index (χ2n) is 6.52. The monoisotopic (exact) mass is 471 g/mol. The van der Waals surface area contributed by atoms with Gasteiger partial charge in [-0.25, -0.2) is 9.98 Å². The van der Waals surface area contributed by atoms with Gasteiger partial charge in [0, 0.05) is 18.6 Å². The lowest BCUT2D eigenvalue weighted by atomic mass is 9.79. The number of oxazole rings is 1. The fraction of sp³-hybridized carbons (Fsp3) is 0.286. The minimum Gasteiger partial charge on any atom is -0.493 e. The van der Waals surface area contributed by atoms with E-state index in [1.165, 1.54) is 13.5 Å². The molecule has 0 bridgehead atoms. The van der Waals surface area contributed by atoms with Gasteiger partial charge in [0.2, 0.25) is 5.90 Å². The van der Waals surface area contributed by atoms with Crippen LogP contribution in [0.5, 0.6) is 17.2 Å². The van der Waals surface area contributed by atoms with Crippen molar-refractivity contribution in [2.24, 2.45) is 10.9 Å². The van der Waals surface area contributed by atoms with Crippen LogP contribution >= 0.6 is 15.9 Å². The molecule has 0 aliphatic carbocycles. The van der Waals surface area contributed by atoms with Gasteiger partial charge in [-0.2, -0.15) is 5.26 Å². The number of aliphatic imine (C=N–C) groups is 1. The highest BCUT2D eigenvalue weighted by Gasteiger charge is 2.39. The van der Waals surface area contributed by atoms with E-state index in [4.69, 9.17) is 23.4 Å². The summed E-state index contributed by atoms with van der Waals surface area (Å²) in [5.41, 5.74) is 2.79. The number of fused-ring (bicyclic) bond motifs is 3. The summed E-state index contributed by atoms with van der Waals surface area (Å²) in [6.45, 7) is 0.0694. The highest BCUT2D eigenvalue weighted by molar-refractivity contribution is 9.10. The lowest BCUT2D eigenvalue weighted by Gasteiger charge is -2.31. The third kappa shape index (κ3) is 3.28. The molecule has 2 atom stereocenters. The van der Waals surface area contributed by atoms with Crippen LogP contribution in [0.25, 0.3) is 11.1 Å². The van der Waals surface area contributed by atoms with Gasteiger partial charge in [0.15, 0.2) is 34.7 Å². The summed E-state index contributed by atoms with van der Waals surface area (Å²) in [6.07, 6.45) is 1.36. The summed E-state index contributed by atoms with van der Waals surface area (Å²) in [4.78, 5) is 8.63. The molecule has 154 valence electrons. The Hall–Kier alpha value is -3.09. The molecule has 2 aromatic carbocycles. The van der Waals surface area contributed by atoms with Crippen molar-refractivity contribution in [2.75, 3.05) is 28.1 Å². The zero-order chi connectivity index (χ0) is 21.3. The van der Waals surface area contributed by atoms with E-state index in [1.54, 1.807) is 14.2 Å². The summed E-state index contributed by atoms with van der Waals surface area (Å²) in [6, 6.07) is 9.81. The van der Waals surface area contributed by atoms with Gasteiger partial charge in [0.05, 0.1) is 24.8 Å². The zero-order valence-corrected chi connectivity index (χ0v) is 18.1. The first kappa shape index (κ1) is 20.2. The molecule has 0 fully saturated rings. The highest BCUT2D eigenvalue weighted by Crippen LogP contribution is 2.48. The number of ether oxygens (including phenoxy) is 4. The van der Waals surface area contributed by atoms with Crippen molar-refractivity contribution in [2.45, 2.75) is 5.92 Å². The zero-order valence-electron chi connectivity index (χ0n) is 16.5. The molecule has 3 aromatic rings. The molecule has 2 unspecified atom stereocenters. The SMILES string of the molecule is COC/N=C1/Oc2c(ccc3ocnc23)C(c2cc(Br)c(OC)c(OC)c2)C1C#N. The van der Waals surface area contributed by atoms with Crippen LogP contribution in [0.1, 0.15) is 17.0 Å². The van der Waals surface area contributed by atoms with Crippen LogP contribution in [-0.4, -0.2) is 38.9 Å². The molecule has 0 radical (unpaired) electrons. The van der Waals surface area contributed by atoms with Crippen molar-refractivity contribution < 1.29 is 23.4 Å². The molecule has 0 saturated carbocycles. The quantitative estimate of drug-likeness (QED) is 0.547. The van der Waals surface area contributed by atoms with E-state index in [9.17, 15) is 5.26 Å². The average Bonchev–Trinajstić information content (AvgIpc) is 3.25. The molecular formula is C21H18BrN3O5. The number of hydrogen-bond donors (Lipinski definition) is 0. The van der Waals surface area contributed by atoms with Crippen LogP contribution in [0.15, 0.2) is 44.5 Å². The second-order valence-corrected chi connectivity index (χ2v) is 7.38. The van der Waals surface area contributed by atoms with E-state index in [2.05, 4.69) is 32.0 Å². The predicted molar refractivity (Wildman–Crippen MR) is 112 cm³/mol. The maximum absolute atomic E-state index is 10.0. The summed E-state index contributed by atoms with van der Waals surface area (Å²) in [5.74, 6) is 0.831. The number of methoxy groups -OCH3 is 3. The fourth-order valence-electron chi connectivity index (χ4n) is 3.64. The molecule has 1 aliphatic heterocycles. The number of nitrogens with zero attached hydrogens (tertiary/aromatic N) is 3. The van der Waals surface area contributed by atoms with Gasteiger partial charge < -0.3 is 23.4 Å². The van der Waals surface area contributed by atoms with E-state index < -0.39 is 5.92 Å². The van der Waals surface area contributed by atoms with Crippen LogP contribution in [0.4, 0.5) is 0 Å². The third-order valence-corrected chi connectivity index (χ3v) is 5.52. The molecular weight excluding hydrogens is 454 g/mol. The van der Waals surface area contributed by atoms with Crippen molar-refractivity contribution in [1.29, 1.82) is 5.26 Å². The Balaban J connectivity index is 1.97. The molecule has 0 amide bonds. The van der Waals surface area contributed by atoms with E-state index in [1.807, 2.05) is 24.3 Å². The minimum absolute atomic E-state index is 0.0694. The molecule has 0 spiro atoms. The molecule has 8 nitrogen and oxygen atoms in total. The summed E-state index contributed by atoms with van der Waals surface area (Å²) >= 11 is 3.54. The van der Waals surface area contributed by atoms with Gasteiger partial charge in [-0.15, -0.1) is 0 Å². The van der Waals surface area contributed by atoms with Gasteiger partial charge in [-0.3, -0.25) is 0 Å². The molecule has 30 heavy (non-hydrogen) atoms. The molecule has 0 saturated heterocycles. The number of aromatic nitrogens is 1. The standard InChI is InChI=1S/C21H18BrN3O5/c1-26-9-25-21-13(8-23)17(11-6-14(22)20(28-3)16(7-11)27-2)12-4-5-15-18(19(12)30-21)24-10-29-15/h4-7,10,13,17H,9H2,1-3H3/b25-21+. The van der Waals surface area contributed by atoms with Gasteiger partial charge in [0.1, 0.15) is 12.6 Å². The average molecular weight is 472 g/mol. The van der Waals surface area contributed by atoms with Gasteiger partial charge >= 0.3 is 0 Å². The topological polar surface area (TPSA) is 99.1 Å². The maximum Gasteiger partial charge on any atom is 0.210 e. The maximum atomic E-state index is 10.0. The minimum atomic E-state index is -0.679. The summed E-state index contributed by atoms with van der Waals surface area (Å²) < 4.78 is 28.2. The molecule has 1 aromatic heterocycles. The number of nitriles is 1. The molecule has 9 heteroatoms. The molecule has 2 heterocycles. The Morgan fingerprint density at radius 3 is 2.77 bits per heavy atom. The first-order valence-corrected chi connectivity index (χ1v) is 9.80. The largest absolute Gasteiger partial charge is 0.493 e. The van der Waals surface area contributed by atoms with Crippen LogP contribution < -0.4 is 14.2 Å². The molecule has 0 N–H and O–H groups in total. The van der Waals surface area contributed by atoms with Crippen LogP contribution in [0.3, 0.4) is 0 Å². The van der Waals surface area contributed by atoms with Gasteiger partial charge in [-0.05, 0) is 39.7 Å². The van der Waals surface area contributed by atoms with Crippen molar-refractivity contribution in [1.82, 2.24) is 4.98 Å². The van der Waals surface area contributed by atoms with Crippen LogP contribution in [0.2, 0.25) is 0 Å². The van der Waals surface area contributed by atoms with Crippen molar-refractivity contribution in [3.8, 4) is 23.3 Å². The first-order chi connectivity index (χ1) is 14.6. The summed E-state index contributed by atoms with van der Waals surface area (Å²) in [7, 11) is 4.67. The van der Waals surface area contributed by atoms with E-state index in [0.29, 0.717) is 32.8 Å². The van der Waals surface area contributed by atoms with Gasteiger partial charge in [-0.1, -0.05) is 6.07 Å². The van der Waals surface area contributed by atoms with E-state index >= 15 is 0 Å². The van der Waals surface area contributed by atoms with Crippen molar-refractivity contribution in [3.63, 3.8) is 0 Å². The second kappa shape index (κ2) is 8.34. The summed E-state index contributed by atoms with van der Waals surface area (Å²) in [5, 5.41) is 10.0. The van der Waals surface area contributed by atoms with Crippen molar-refractivity contribution >= 4 is 32.9 Å². The highest BCUT2D eigenvalue weighted by atomic mass is 79.9. The van der Waals surface area contributed by atoms with E-state index in [-0.39, 0.29) is 18.5 Å². The number of hydrogen-bond acceptors (Lipinski definition) is 8. The Morgan fingerprint density at radius 1 is 1.23 bits per heavy atom. The number of rotatable bonds is 5. The Kier molecular flexibility index (Phi) is 5.61. The lowest BCUT2D eigenvalue weighted by molar-refractivity contribution is 0.206. The Bertz CT molecular complexity index is 1170. The van der Waals surface area contributed by atoms with E-state index in [0.717, 1.165) is 11.1 Å². The van der Waals surface area contributed by atoms with Crippen LogP contribution in [0, 0.1) is 17.2 Å². The Morgan fingerprint density at radius 2 is 2.07 bits per heavy atom. The van der Waals surface area contributed by atoms with Gasteiger partial charge in [0.25, 0.3) is 0 Å². The van der Waals surface area contributed by atoms with Crippen LogP contribution in [-0.2, 0) is 4.74 Å². The normalized spacial score (nSPS) is 19.2. The first-order valence-electron chi connectivity index (χ1n) is 9.01. The predicted octanol–water partition coefficient (Wildman–Crippen LogP) is 4.27. The molecule has 1 aliphatic rings. The lowest BCUT2D eigenvalue weighted by Crippen LogP contribution is -2.32. The number of halogens is 1. The van der Waals surface area contributed by atoms with Crippen molar-refractivity contribution in [3.05, 3.63) is 46.3 Å². The number of benzene rings is 2.